The third-order valence-electron chi connectivity index (χ3n) is 5.67. The van der Waals surface area contributed by atoms with Crippen molar-refractivity contribution >= 4 is 16.5 Å². The fraction of sp³-hybridized carbons (Fsp3) is 0.407. The number of ether oxygens (including phenoxy) is 1. The number of aliphatic hydroxyl groups is 1. The SMILES string of the molecule is CC(OCC(O)CNC(C)(C)Cc1ccc2ccccc2c1)c1cccc(N(C)C)c1. The number of rotatable bonds is 10. The van der Waals surface area contributed by atoms with Gasteiger partial charge in [0.15, 0.2) is 0 Å². The lowest BCUT2D eigenvalue weighted by Gasteiger charge is -2.28. The lowest BCUT2D eigenvalue weighted by atomic mass is 9.93. The summed E-state index contributed by atoms with van der Waals surface area (Å²) >= 11 is 0. The van der Waals surface area contributed by atoms with Gasteiger partial charge < -0.3 is 20.1 Å². The smallest absolute Gasteiger partial charge is 0.0898 e. The van der Waals surface area contributed by atoms with E-state index in [0.717, 1.165) is 17.7 Å². The second-order valence-electron chi connectivity index (χ2n) is 9.24. The topological polar surface area (TPSA) is 44.7 Å². The van der Waals surface area contributed by atoms with Gasteiger partial charge >= 0.3 is 0 Å². The van der Waals surface area contributed by atoms with Crippen LogP contribution in [0.1, 0.15) is 38.0 Å². The molecule has 0 saturated heterocycles. The van der Waals surface area contributed by atoms with Gasteiger partial charge in [0.25, 0.3) is 0 Å². The first-order valence-electron chi connectivity index (χ1n) is 11.0. The third-order valence-corrected chi connectivity index (χ3v) is 5.67. The summed E-state index contributed by atoms with van der Waals surface area (Å²) in [6, 6.07) is 23.3. The highest BCUT2D eigenvalue weighted by atomic mass is 16.5. The quantitative estimate of drug-likeness (QED) is 0.487. The summed E-state index contributed by atoms with van der Waals surface area (Å²) in [4.78, 5) is 2.08. The highest BCUT2D eigenvalue weighted by Crippen LogP contribution is 2.22. The van der Waals surface area contributed by atoms with Gasteiger partial charge in [-0.25, -0.2) is 0 Å². The zero-order valence-electron chi connectivity index (χ0n) is 19.4. The Balaban J connectivity index is 1.48. The Kier molecular flexibility index (Phi) is 7.71. The largest absolute Gasteiger partial charge is 0.389 e. The van der Waals surface area contributed by atoms with Crippen molar-refractivity contribution in [2.24, 2.45) is 0 Å². The van der Waals surface area contributed by atoms with Crippen LogP contribution in [0.4, 0.5) is 5.69 Å². The highest BCUT2D eigenvalue weighted by molar-refractivity contribution is 5.83. The van der Waals surface area contributed by atoms with E-state index in [9.17, 15) is 5.11 Å². The second-order valence-corrected chi connectivity index (χ2v) is 9.24. The van der Waals surface area contributed by atoms with E-state index in [1.54, 1.807) is 0 Å². The molecule has 3 aromatic rings. The normalized spacial score (nSPS) is 13.9. The molecule has 0 aliphatic heterocycles. The van der Waals surface area contributed by atoms with Crippen molar-refractivity contribution in [1.29, 1.82) is 0 Å². The first-order valence-corrected chi connectivity index (χ1v) is 11.0. The fourth-order valence-corrected chi connectivity index (χ4v) is 3.78. The first-order chi connectivity index (χ1) is 14.7. The molecule has 0 spiro atoms. The minimum Gasteiger partial charge on any atom is -0.389 e. The summed E-state index contributed by atoms with van der Waals surface area (Å²) in [6.07, 6.45) is 0.259. The zero-order valence-corrected chi connectivity index (χ0v) is 19.4. The monoisotopic (exact) mass is 420 g/mol. The summed E-state index contributed by atoms with van der Waals surface area (Å²) in [6.45, 7) is 7.16. The van der Waals surface area contributed by atoms with Crippen LogP contribution in [-0.2, 0) is 11.2 Å². The summed E-state index contributed by atoms with van der Waals surface area (Å²) in [5.41, 5.74) is 3.42. The van der Waals surface area contributed by atoms with Crippen molar-refractivity contribution in [2.45, 2.75) is 44.9 Å². The maximum absolute atomic E-state index is 10.5. The Morgan fingerprint density at radius 3 is 2.45 bits per heavy atom. The standard InChI is InChI=1S/C27H36N2O2/c1-20(23-11-8-12-25(16-23)29(4)5)31-19-26(30)18-28-27(2,3)17-21-13-14-22-9-6-7-10-24(22)15-21/h6-16,20,26,28,30H,17-19H2,1-5H3. The van der Waals surface area contributed by atoms with Gasteiger partial charge in [0, 0.05) is 31.9 Å². The lowest BCUT2D eigenvalue weighted by molar-refractivity contribution is -0.00416. The van der Waals surface area contributed by atoms with Crippen molar-refractivity contribution in [3.63, 3.8) is 0 Å². The fourth-order valence-electron chi connectivity index (χ4n) is 3.78. The molecule has 0 aliphatic carbocycles. The van der Waals surface area contributed by atoms with Gasteiger partial charge in [0.05, 0.1) is 18.8 Å². The van der Waals surface area contributed by atoms with E-state index < -0.39 is 6.10 Å². The average Bonchev–Trinajstić information content (AvgIpc) is 2.75. The molecule has 31 heavy (non-hydrogen) atoms. The van der Waals surface area contributed by atoms with Crippen LogP contribution in [0.2, 0.25) is 0 Å². The first kappa shape index (κ1) is 23.3. The molecule has 2 N–H and O–H groups in total. The molecule has 0 saturated carbocycles. The number of hydrogen-bond acceptors (Lipinski definition) is 4. The van der Waals surface area contributed by atoms with Crippen molar-refractivity contribution in [3.05, 3.63) is 77.9 Å². The molecule has 0 fully saturated rings. The van der Waals surface area contributed by atoms with Gasteiger partial charge in [0.2, 0.25) is 0 Å². The molecule has 2 unspecified atom stereocenters. The van der Waals surface area contributed by atoms with E-state index in [1.165, 1.54) is 16.3 Å². The molecule has 4 heteroatoms. The molecule has 2 atom stereocenters. The number of β-amino-alcohol motifs (C(OH)–C–C–N with tert-alkyl or cyclic N) is 1. The number of aliphatic hydroxyl groups excluding tert-OH is 1. The molecule has 0 amide bonds. The molecule has 0 radical (unpaired) electrons. The van der Waals surface area contributed by atoms with E-state index in [-0.39, 0.29) is 11.6 Å². The minimum atomic E-state index is -0.560. The predicted molar refractivity (Wildman–Crippen MR) is 131 cm³/mol. The van der Waals surface area contributed by atoms with Gasteiger partial charge in [-0.3, -0.25) is 0 Å². The lowest BCUT2D eigenvalue weighted by Crippen LogP contribution is -2.46. The summed E-state index contributed by atoms with van der Waals surface area (Å²) in [5.74, 6) is 0. The molecule has 3 rings (SSSR count). The van der Waals surface area contributed by atoms with Crippen LogP contribution in [0.25, 0.3) is 10.8 Å². The Morgan fingerprint density at radius 1 is 0.968 bits per heavy atom. The van der Waals surface area contributed by atoms with Crippen molar-refractivity contribution in [1.82, 2.24) is 5.32 Å². The van der Waals surface area contributed by atoms with Crippen LogP contribution >= 0.6 is 0 Å². The van der Waals surface area contributed by atoms with E-state index >= 15 is 0 Å². The van der Waals surface area contributed by atoms with Crippen molar-refractivity contribution in [2.75, 3.05) is 32.1 Å². The Morgan fingerprint density at radius 2 is 1.71 bits per heavy atom. The van der Waals surface area contributed by atoms with Crippen LogP contribution in [0.3, 0.4) is 0 Å². The van der Waals surface area contributed by atoms with E-state index in [0.29, 0.717) is 13.2 Å². The Bertz CT molecular complexity index is 984. The zero-order chi connectivity index (χ0) is 22.4. The van der Waals surface area contributed by atoms with E-state index in [4.69, 9.17) is 4.74 Å². The highest BCUT2D eigenvalue weighted by Gasteiger charge is 2.20. The molecule has 0 heterocycles. The van der Waals surface area contributed by atoms with E-state index in [1.807, 2.05) is 27.1 Å². The average molecular weight is 421 g/mol. The number of nitrogens with zero attached hydrogens (tertiary/aromatic N) is 1. The minimum absolute atomic E-state index is 0.0693. The molecule has 166 valence electrons. The third kappa shape index (κ3) is 6.79. The Labute approximate surface area is 186 Å². The number of anilines is 1. The number of nitrogens with one attached hydrogen (secondary N) is 1. The van der Waals surface area contributed by atoms with Crippen LogP contribution in [-0.4, -0.2) is 44.0 Å². The van der Waals surface area contributed by atoms with Crippen molar-refractivity contribution in [3.8, 4) is 0 Å². The van der Waals surface area contributed by atoms with Crippen molar-refractivity contribution < 1.29 is 9.84 Å². The van der Waals surface area contributed by atoms with Crippen LogP contribution in [0.5, 0.6) is 0 Å². The van der Waals surface area contributed by atoms with Gasteiger partial charge in [-0.1, -0.05) is 54.6 Å². The van der Waals surface area contributed by atoms with E-state index in [2.05, 4.69) is 84.7 Å². The van der Waals surface area contributed by atoms with Crippen LogP contribution < -0.4 is 10.2 Å². The number of benzene rings is 3. The second kappa shape index (κ2) is 10.3. The molecule has 4 nitrogen and oxygen atoms in total. The molecule has 0 aliphatic rings. The summed E-state index contributed by atoms with van der Waals surface area (Å²) in [5, 5.41) is 16.5. The van der Waals surface area contributed by atoms with Crippen LogP contribution in [0, 0.1) is 0 Å². The maximum atomic E-state index is 10.5. The number of fused-ring (bicyclic) bond motifs is 1. The molecule has 3 aromatic carbocycles. The van der Waals surface area contributed by atoms with Crippen LogP contribution in [0.15, 0.2) is 66.7 Å². The molecular weight excluding hydrogens is 384 g/mol. The molecule has 0 aromatic heterocycles. The van der Waals surface area contributed by atoms with Gasteiger partial charge in [0.1, 0.15) is 0 Å². The number of hydrogen-bond donors (Lipinski definition) is 2. The van der Waals surface area contributed by atoms with Gasteiger partial charge in [-0.15, -0.1) is 0 Å². The predicted octanol–water partition coefficient (Wildman–Crippen LogP) is 4.96. The summed E-state index contributed by atoms with van der Waals surface area (Å²) < 4.78 is 5.95. The summed E-state index contributed by atoms with van der Waals surface area (Å²) in [7, 11) is 4.06. The molecule has 0 bridgehead atoms. The maximum Gasteiger partial charge on any atom is 0.0898 e. The molecular formula is C27H36N2O2. The van der Waals surface area contributed by atoms with Gasteiger partial charge in [-0.2, -0.15) is 0 Å². The van der Waals surface area contributed by atoms with Gasteiger partial charge in [-0.05, 0) is 61.2 Å². The Hall–Kier alpha value is -2.40.